The fourth-order valence-electron chi connectivity index (χ4n) is 3.28. The summed E-state index contributed by atoms with van der Waals surface area (Å²) in [6, 6.07) is 5.01. The van der Waals surface area contributed by atoms with Crippen LogP contribution < -0.4 is 10.2 Å². The maximum absolute atomic E-state index is 12.9. The van der Waals surface area contributed by atoms with Crippen molar-refractivity contribution in [2.75, 3.05) is 18.0 Å². The average Bonchev–Trinajstić information content (AvgIpc) is 2.90. The Kier molecular flexibility index (Phi) is 3.45. The van der Waals surface area contributed by atoms with Crippen LogP contribution in [0.1, 0.15) is 42.1 Å². The molecule has 2 aliphatic heterocycles. The van der Waals surface area contributed by atoms with Gasteiger partial charge in [0, 0.05) is 12.2 Å². The first-order chi connectivity index (χ1) is 10.0. The zero-order valence-electron chi connectivity index (χ0n) is 12.2. The van der Waals surface area contributed by atoms with Crippen LogP contribution in [0.2, 0.25) is 0 Å². The van der Waals surface area contributed by atoms with Crippen molar-refractivity contribution in [2.24, 2.45) is 0 Å². The van der Waals surface area contributed by atoms with Gasteiger partial charge in [-0.25, -0.2) is 4.79 Å². The highest BCUT2D eigenvalue weighted by Gasteiger charge is 2.39. The number of piperidine rings is 1. The van der Waals surface area contributed by atoms with E-state index in [4.69, 9.17) is 5.11 Å². The Morgan fingerprint density at radius 1 is 1.33 bits per heavy atom. The van der Waals surface area contributed by atoms with Crippen LogP contribution in [0.3, 0.4) is 0 Å². The molecule has 0 spiro atoms. The summed E-state index contributed by atoms with van der Waals surface area (Å²) in [5, 5.41) is 12.4. The second kappa shape index (κ2) is 5.15. The molecule has 5 heteroatoms. The Bertz CT molecular complexity index is 591. The molecule has 2 aliphatic rings. The molecule has 0 aromatic heterocycles. The van der Waals surface area contributed by atoms with E-state index in [-0.39, 0.29) is 11.5 Å². The van der Waals surface area contributed by atoms with Gasteiger partial charge in [-0.15, -0.1) is 0 Å². The molecule has 1 amide bonds. The highest BCUT2D eigenvalue weighted by atomic mass is 16.4. The molecule has 3 rings (SSSR count). The molecule has 2 heterocycles. The molecule has 1 fully saturated rings. The van der Waals surface area contributed by atoms with E-state index in [2.05, 4.69) is 5.32 Å². The number of carbonyl (C=O) groups excluding carboxylic acids is 1. The van der Waals surface area contributed by atoms with Gasteiger partial charge in [0.15, 0.2) is 0 Å². The second-order valence-electron chi connectivity index (χ2n) is 6.07. The summed E-state index contributed by atoms with van der Waals surface area (Å²) in [5.41, 5.74) is 1.59. The molecule has 0 aliphatic carbocycles. The number of amides is 1. The van der Waals surface area contributed by atoms with Crippen LogP contribution in [0, 0.1) is 0 Å². The monoisotopic (exact) mass is 288 g/mol. The van der Waals surface area contributed by atoms with Gasteiger partial charge < -0.3 is 15.3 Å². The maximum atomic E-state index is 12.9. The quantitative estimate of drug-likeness (QED) is 0.870. The van der Waals surface area contributed by atoms with E-state index in [1.165, 1.54) is 0 Å². The minimum atomic E-state index is -0.927. The van der Waals surface area contributed by atoms with Crippen LogP contribution in [0.15, 0.2) is 18.2 Å². The topological polar surface area (TPSA) is 69.6 Å². The van der Waals surface area contributed by atoms with Crippen molar-refractivity contribution in [3.63, 3.8) is 0 Å². The smallest absolute Gasteiger partial charge is 0.335 e. The van der Waals surface area contributed by atoms with Crippen LogP contribution in [0.5, 0.6) is 0 Å². The molecule has 0 bridgehead atoms. The highest BCUT2D eigenvalue weighted by molar-refractivity contribution is 6.02. The van der Waals surface area contributed by atoms with Gasteiger partial charge in [0.2, 0.25) is 5.91 Å². The van der Waals surface area contributed by atoms with Crippen molar-refractivity contribution in [2.45, 2.75) is 38.1 Å². The fraction of sp³-hybridized carbons (Fsp3) is 0.500. The number of benzene rings is 1. The third-order valence-corrected chi connectivity index (χ3v) is 4.56. The Morgan fingerprint density at radius 3 is 2.81 bits per heavy atom. The fourth-order valence-corrected chi connectivity index (χ4v) is 3.28. The number of carbonyl (C=O) groups is 2. The molecule has 1 atom stereocenters. The second-order valence-corrected chi connectivity index (χ2v) is 6.07. The van der Waals surface area contributed by atoms with Crippen molar-refractivity contribution in [1.29, 1.82) is 0 Å². The predicted octanol–water partition coefficient (Wildman–Crippen LogP) is 1.81. The first-order valence-corrected chi connectivity index (χ1v) is 7.44. The summed E-state index contributed by atoms with van der Waals surface area (Å²) in [6.07, 6.45) is 3.75. The van der Waals surface area contributed by atoms with E-state index in [9.17, 15) is 9.59 Å². The SMILES string of the molecule is CC1(C(=O)N2CCc3cc(C(=O)O)ccc32)CCCCN1. The van der Waals surface area contributed by atoms with E-state index in [0.717, 1.165) is 43.5 Å². The number of hydrogen-bond donors (Lipinski definition) is 2. The van der Waals surface area contributed by atoms with E-state index in [1.54, 1.807) is 23.1 Å². The van der Waals surface area contributed by atoms with Gasteiger partial charge in [-0.2, -0.15) is 0 Å². The number of carboxylic acid groups (broad SMARTS) is 1. The van der Waals surface area contributed by atoms with Crippen molar-refractivity contribution < 1.29 is 14.7 Å². The third-order valence-electron chi connectivity index (χ3n) is 4.56. The third kappa shape index (κ3) is 2.42. The standard InChI is InChI=1S/C16H20N2O3/c1-16(7-2-3-8-17-16)15(21)18-9-6-11-10-12(14(19)20)4-5-13(11)18/h4-5,10,17H,2-3,6-9H2,1H3,(H,19,20). The summed E-state index contributed by atoms with van der Waals surface area (Å²) in [7, 11) is 0. The summed E-state index contributed by atoms with van der Waals surface area (Å²) in [4.78, 5) is 25.7. The normalized spacial score (nSPS) is 24.7. The van der Waals surface area contributed by atoms with Crippen LogP contribution in [-0.4, -0.2) is 35.6 Å². The summed E-state index contributed by atoms with van der Waals surface area (Å²) < 4.78 is 0. The molecule has 1 aromatic carbocycles. The number of carboxylic acids is 1. The van der Waals surface area contributed by atoms with Crippen LogP contribution in [-0.2, 0) is 11.2 Å². The number of nitrogens with zero attached hydrogens (tertiary/aromatic N) is 1. The molecule has 2 N–H and O–H groups in total. The lowest BCUT2D eigenvalue weighted by atomic mass is 9.89. The number of aromatic carboxylic acids is 1. The van der Waals surface area contributed by atoms with E-state index < -0.39 is 11.5 Å². The highest BCUT2D eigenvalue weighted by Crippen LogP contribution is 2.32. The molecule has 1 saturated heterocycles. The van der Waals surface area contributed by atoms with Crippen molar-refractivity contribution in [3.8, 4) is 0 Å². The molecule has 0 saturated carbocycles. The van der Waals surface area contributed by atoms with Gasteiger partial charge in [-0.3, -0.25) is 4.79 Å². The lowest BCUT2D eigenvalue weighted by molar-refractivity contribution is -0.125. The first-order valence-electron chi connectivity index (χ1n) is 7.44. The molecule has 112 valence electrons. The lowest BCUT2D eigenvalue weighted by Gasteiger charge is -2.36. The Balaban J connectivity index is 1.87. The van der Waals surface area contributed by atoms with Gasteiger partial charge >= 0.3 is 5.97 Å². The summed E-state index contributed by atoms with van der Waals surface area (Å²) in [5.74, 6) is -0.826. The van der Waals surface area contributed by atoms with E-state index in [0.29, 0.717) is 6.54 Å². The lowest BCUT2D eigenvalue weighted by Crippen LogP contribution is -2.57. The van der Waals surface area contributed by atoms with E-state index in [1.807, 2.05) is 6.92 Å². The van der Waals surface area contributed by atoms with Gasteiger partial charge in [0.25, 0.3) is 0 Å². The molecule has 0 radical (unpaired) electrons. The average molecular weight is 288 g/mol. The maximum Gasteiger partial charge on any atom is 0.335 e. The Labute approximate surface area is 123 Å². The van der Waals surface area contributed by atoms with Gasteiger partial charge in [0.1, 0.15) is 0 Å². The summed E-state index contributed by atoms with van der Waals surface area (Å²) >= 11 is 0. The molecule has 1 unspecified atom stereocenters. The largest absolute Gasteiger partial charge is 0.478 e. The number of rotatable bonds is 2. The zero-order valence-corrected chi connectivity index (χ0v) is 12.2. The Hall–Kier alpha value is -1.88. The van der Waals surface area contributed by atoms with Gasteiger partial charge in [0.05, 0.1) is 11.1 Å². The van der Waals surface area contributed by atoms with Crippen LogP contribution >= 0.6 is 0 Å². The minimum absolute atomic E-state index is 0.101. The van der Waals surface area contributed by atoms with Crippen molar-refractivity contribution in [1.82, 2.24) is 5.32 Å². The predicted molar refractivity (Wildman–Crippen MR) is 79.7 cm³/mol. The van der Waals surface area contributed by atoms with Gasteiger partial charge in [-0.05, 0) is 62.9 Å². The number of anilines is 1. The first kappa shape index (κ1) is 14.1. The molecule has 5 nitrogen and oxygen atoms in total. The van der Waals surface area contributed by atoms with Crippen LogP contribution in [0.4, 0.5) is 5.69 Å². The number of fused-ring (bicyclic) bond motifs is 1. The minimum Gasteiger partial charge on any atom is -0.478 e. The van der Waals surface area contributed by atoms with Crippen molar-refractivity contribution >= 4 is 17.6 Å². The molecule has 1 aromatic rings. The molecule has 21 heavy (non-hydrogen) atoms. The zero-order chi connectivity index (χ0) is 15.0. The Morgan fingerprint density at radius 2 is 2.14 bits per heavy atom. The summed E-state index contributed by atoms with van der Waals surface area (Å²) in [6.45, 7) is 3.48. The van der Waals surface area contributed by atoms with Crippen molar-refractivity contribution in [3.05, 3.63) is 29.3 Å². The van der Waals surface area contributed by atoms with E-state index >= 15 is 0 Å². The number of hydrogen-bond acceptors (Lipinski definition) is 3. The molecular formula is C16H20N2O3. The number of nitrogens with one attached hydrogen (secondary N) is 1. The van der Waals surface area contributed by atoms with Gasteiger partial charge in [-0.1, -0.05) is 0 Å². The molecular weight excluding hydrogens is 268 g/mol. The van der Waals surface area contributed by atoms with Crippen LogP contribution in [0.25, 0.3) is 0 Å².